The molecule has 128 valence electrons. The summed E-state index contributed by atoms with van der Waals surface area (Å²) in [7, 11) is 0. The average molecular weight is 318 g/mol. The van der Waals surface area contributed by atoms with E-state index in [2.05, 4.69) is 19.9 Å². The van der Waals surface area contributed by atoms with Gasteiger partial charge in [0, 0.05) is 19.1 Å². The van der Waals surface area contributed by atoms with Crippen molar-refractivity contribution in [3.63, 3.8) is 0 Å². The number of rotatable bonds is 6. The molecule has 0 radical (unpaired) electrons. The number of carbonyl (C=O) groups is 1. The lowest BCUT2D eigenvalue weighted by molar-refractivity contribution is -0.135. The van der Waals surface area contributed by atoms with Crippen LogP contribution >= 0.6 is 0 Å². The van der Waals surface area contributed by atoms with Gasteiger partial charge in [-0.1, -0.05) is 32.0 Å². The number of ether oxygens (including phenoxy) is 1. The van der Waals surface area contributed by atoms with Crippen LogP contribution in [0.15, 0.2) is 24.3 Å². The smallest absolute Gasteiger partial charge is 0.260 e. The molecule has 1 fully saturated rings. The van der Waals surface area contributed by atoms with Crippen LogP contribution in [0.25, 0.3) is 0 Å². The molecular formula is C19H30N2O2. The lowest BCUT2D eigenvalue weighted by Crippen LogP contribution is -2.46. The average Bonchev–Trinajstić information content (AvgIpc) is 2.59. The van der Waals surface area contributed by atoms with E-state index < -0.39 is 0 Å². The van der Waals surface area contributed by atoms with Gasteiger partial charge in [0.25, 0.3) is 5.91 Å². The molecule has 1 aromatic rings. The minimum atomic E-state index is 0.0642. The quantitative estimate of drug-likeness (QED) is 0.876. The highest BCUT2D eigenvalue weighted by molar-refractivity contribution is 5.78. The van der Waals surface area contributed by atoms with E-state index >= 15 is 0 Å². The molecular weight excluding hydrogens is 288 g/mol. The monoisotopic (exact) mass is 318 g/mol. The van der Waals surface area contributed by atoms with Crippen LogP contribution < -0.4 is 10.5 Å². The Morgan fingerprint density at radius 1 is 1.39 bits per heavy atom. The number of carbonyl (C=O) groups excluding carboxylic acids is 1. The zero-order valence-corrected chi connectivity index (χ0v) is 14.6. The summed E-state index contributed by atoms with van der Waals surface area (Å²) in [5, 5.41) is 0. The molecule has 4 heteroatoms. The van der Waals surface area contributed by atoms with Crippen LogP contribution in [0.1, 0.15) is 51.5 Å². The Labute approximate surface area is 140 Å². The molecule has 1 heterocycles. The van der Waals surface area contributed by atoms with Crippen molar-refractivity contribution in [3.8, 4) is 5.75 Å². The van der Waals surface area contributed by atoms with E-state index in [1.807, 2.05) is 30.0 Å². The van der Waals surface area contributed by atoms with Gasteiger partial charge in [0.05, 0.1) is 0 Å². The molecule has 1 amide bonds. The Morgan fingerprint density at radius 2 is 2.13 bits per heavy atom. The van der Waals surface area contributed by atoms with E-state index in [-0.39, 0.29) is 18.6 Å². The zero-order valence-electron chi connectivity index (χ0n) is 14.6. The van der Waals surface area contributed by atoms with Crippen molar-refractivity contribution in [1.82, 2.24) is 4.90 Å². The van der Waals surface area contributed by atoms with Crippen LogP contribution in [0.2, 0.25) is 0 Å². The van der Waals surface area contributed by atoms with Crippen LogP contribution in [0, 0.1) is 5.92 Å². The summed E-state index contributed by atoms with van der Waals surface area (Å²) in [6, 6.07) is 8.15. The summed E-state index contributed by atoms with van der Waals surface area (Å²) >= 11 is 0. The Hall–Kier alpha value is -1.55. The van der Waals surface area contributed by atoms with Gasteiger partial charge in [0.15, 0.2) is 6.61 Å². The molecule has 23 heavy (non-hydrogen) atoms. The fourth-order valence-corrected chi connectivity index (χ4v) is 3.14. The first kappa shape index (κ1) is 17.8. The number of nitrogens with two attached hydrogens (primary N) is 1. The highest BCUT2D eigenvalue weighted by atomic mass is 16.5. The highest BCUT2D eigenvalue weighted by Gasteiger charge is 2.26. The summed E-state index contributed by atoms with van der Waals surface area (Å²) in [5.74, 6) is 1.73. The van der Waals surface area contributed by atoms with Gasteiger partial charge in [-0.15, -0.1) is 0 Å². The van der Waals surface area contributed by atoms with Gasteiger partial charge < -0.3 is 15.4 Å². The van der Waals surface area contributed by atoms with Gasteiger partial charge in [0.1, 0.15) is 5.75 Å². The molecule has 2 rings (SSSR count). The van der Waals surface area contributed by atoms with Gasteiger partial charge in [-0.25, -0.2) is 0 Å². The summed E-state index contributed by atoms with van der Waals surface area (Å²) < 4.78 is 5.85. The number of benzene rings is 1. The summed E-state index contributed by atoms with van der Waals surface area (Å²) in [6.45, 7) is 8.05. The van der Waals surface area contributed by atoms with E-state index in [1.165, 1.54) is 5.56 Å². The van der Waals surface area contributed by atoms with E-state index in [9.17, 15) is 4.79 Å². The topological polar surface area (TPSA) is 55.6 Å². The minimum absolute atomic E-state index is 0.0642. The van der Waals surface area contributed by atoms with E-state index in [4.69, 9.17) is 10.5 Å². The van der Waals surface area contributed by atoms with E-state index in [1.54, 1.807) is 0 Å². The van der Waals surface area contributed by atoms with E-state index in [0.29, 0.717) is 11.8 Å². The first-order chi connectivity index (χ1) is 11.0. The molecule has 0 spiro atoms. The maximum atomic E-state index is 12.5. The third kappa shape index (κ3) is 4.71. The van der Waals surface area contributed by atoms with Gasteiger partial charge >= 0.3 is 0 Å². The summed E-state index contributed by atoms with van der Waals surface area (Å²) in [4.78, 5) is 14.4. The fraction of sp³-hybridized carbons (Fsp3) is 0.632. The normalized spacial score (nSPS) is 20.9. The predicted octanol–water partition coefficient (Wildman–Crippen LogP) is 3.16. The standard InChI is InChI=1S/C19H30N2O2/c1-4-14(2)17-9-5-6-10-18(17)23-13-19(22)21-11-7-8-16(12-21)15(3)20/h5-6,9-10,14-16H,4,7-8,11-13,20H2,1-3H3. The number of likely N-dealkylation sites (tertiary alicyclic amines) is 1. The Kier molecular flexibility index (Phi) is 6.46. The first-order valence-corrected chi connectivity index (χ1v) is 8.78. The van der Waals surface area contributed by atoms with Crippen LogP contribution in [-0.4, -0.2) is 36.5 Å². The molecule has 1 aliphatic rings. The predicted molar refractivity (Wildman–Crippen MR) is 93.6 cm³/mol. The highest BCUT2D eigenvalue weighted by Crippen LogP contribution is 2.28. The van der Waals surface area contributed by atoms with Crippen molar-refractivity contribution in [2.75, 3.05) is 19.7 Å². The Morgan fingerprint density at radius 3 is 2.83 bits per heavy atom. The van der Waals surface area contributed by atoms with Gasteiger partial charge in [0.2, 0.25) is 0 Å². The van der Waals surface area contributed by atoms with Crippen molar-refractivity contribution in [2.45, 2.75) is 52.0 Å². The zero-order chi connectivity index (χ0) is 16.8. The number of piperidine rings is 1. The second-order valence-corrected chi connectivity index (χ2v) is 6.74. The fourth-order valence-electron chi connectivity index (χ4n) is 3.14. The van der Waals surface area contributed by atoms with Crippen molar-refractivity contribution < 1.29 is 9.53 Å². The molecule has 0 saturated carbocycles. The molecule has 0 aliphatic carbocycles. The van der Waals surface area contributed by atoms with Crippen LogP contribution in [0.5, 0.6) is 5.75 Å². The van der Waals surface area contributed by atoms with Crippen molar-refractivity contribution >= 4 is 5.91 Å². The SMILES string of the molecule is CCC(C)c1ccccc1OCC(=O)N1CCCC(C(C)N)C1. The second-order valence-electron chi connectivity index (χ2n) is 6.74. The second kappa shape index (κ2) is 8.34. The molecule has 3 unspecified atom stereocenters. The number of hydrogen-bond donors (Lipinski definition) is 1. The molecule has 1 saturated heterocycles. The molecule has 0 bridgehead atoms. The molecule has 0 aromatic heterocycles. The minimum Gasteiger partial charge on any atom is -0.483 e. The van der Waals surface area contributed by atoms with Crippen molar-refractivity contribution in [3.05, 3.63) is 29.8 Å². The Bertz CT molecular complexity index is 516. The third-order valence-corrected chi connectivity index (χ3v) is 4.97. The summed E-state index contributed by atoms with van der Waals surface area (Å²) in [5.41, 5.74) is 7.17. The van der Waals surface area contributed by atoms with Crippen LogP contribution in [-0.2, 0) is 4.79 Å². The number of hydrogen-bond acceptors (Lipinski definition) is 3. The van der Waals surface area contributed by atoms with Crippen LogP contribution in [0.3, 0.4) is 0 Å². The van der Waals surface area contributed by atoms with E-state index in [0.717, 1.165) is 38.1 Å². The maximum Gasteiger partial charge on any atom is 0.260 e. The number of nitrogens with zero attached hydrogens (tertiary/aromatic N) is 1. The van der Waals surface area contributed by atoms with Gasteiger partial charge in [-0.2, -0.15) is 0 Å². The third-order valence-electron chi connectivity index (χ3n) is 4.97. The lowest BCUT2D eigenvalue weighted by atomic mass is 9.92. The van der Waals surface area contributed by atoms with Crippen LogP contribution in [0.4, 0.5) is 0 Å². The molecule has 1 aromatic carbocycles. The van der Waals surface area contributed by atoms with Crippen molar-refractivity contribution in [2.24, 2.45) is 11.7 Å². The molecule has 2 N–H and O–H groups in total. The largest absolute Gasteiger partial charge is 0.483 e. The van der Waals surface area contributed by atoms with Crippen molar-refractivity contribution in [1.29, 1.82) is 0 Å². The number of para-hydroxylation sites is 1. The first-order valence-electron chi connectivity index (χ1n) is 8.78. The maximum absolute atomic E-state index is 12.5. The molecule has 3 atom stereocenters. The Balaban J connectivity index is 1.94. The molecule has 4 nitrogen and oxygen atoms in total. The number of amides is 1. The van der Waals surface area contributed by atoms with Gasteiger partial charge in [-0.05, 0) is 49.7 Å². The lowest BCUT2D eigenvalue weighted by Gasteiger charge is -2.34. The van der Waals surface area contributed by atoms with Gasteiger partial charge in [-0.3, -0.25) is 4.79 Å². The molecule has 1 aliphatic heterocycles. The summed E-state index contributed by atoms with van der Waals surface area (Å²) in [6.07, 6.45) is 3.19.